The highest BCUT2D eigenvalue weighted by Crippen LogP contribution is 2.43. The smallest absolute Gasteiger partial charge is 0.430 e. The van der Waals surface area contributed by atoms with Crippen LogP contribution in [0.1, 0.15) is 31.9 Å². The number of ether oxygens (including phenoxy) is 3. The molecule has 2 heterocycles. The van der Waals surface area contributed by atoms with Crippen LogP contribution in [0.3, 0.4) is 0 Å². The first-order chi connectivity index (χ1) is 14.4. The van der Waals surface area contributed by atoms with Gasteiger partial charge in [-0.15, -0.1) is 0 Å². The first-order valence-corrected chi connectivity index (χ1v) is 9.27. The van der Waals surface area contributed by atoms with Crippen molar-refractivity contribution in [2.24, 2.45) is 0 Å². The summed E-state index contributed by atoms with van der Waals surface area (Å²) >= 11 is 0. The molecule has 2 aliphatic heterocycles. The Balaban J connectivity index is 0.000000210. The van der Waals surface area contributed by atoms with Gasteiger partial charge in [0.1, 0.15) is 11.5 Å². The van der Waals surface area contributed by atoms with E-state index in [1.54, 1.807) is 12.1 Å². The van der Waals surface area contributed by atoms with Crippen molar-refractivity contribution >= 4 is 12.0 Å². The van der Waals surface area contributed by atoms with Gasteiger partial charge in [-0.05, 0) is 35.3 Å². The molecule has 0 radical (unpaired) electrons. The third-order valence-corrected chi connectivity index (χ3v) is 4.62. The fourth-order valence-electron chi connectivity index (χ4n) is 2.97. The quantitative estimate of drug-likeness (QED) is 0.659. The van der Waals surface area contributed by atoms with Crippen LogP contribution in [-0.2, 0) is 10.2 Å². The molecule has 31 heavy (non-hydrogen) atoms. The zero-order chi connectivity index (χ0) is 23.0. The molecule has 0 amide bonds. The largest absolute Gasteiger partial charge is 0.508 e. The highest BCUT2D eigenvalue weighted by atomic mass is 19.4. The molecule has 0 saturated carbocycles. The lowest BCUT2D eigenvalue weighted by atomic mass is 9.87. The minimum absolute atomic E-state index is 0.0452. The van der Waals surface area contributed by atoms with Crippen molar-refractivity contribution in [2.75, 3.05) is 6.79 Å². The molecule has 0 aliphatic carbocycles. The van der Waals surface area contributed by atoms with Crippen molar-refractivity contribution in [2.45, 2.75) is 38.5 Å². The fourth-order valence-corrected chi connectivity index (χ4v) is 2.97. The summed E-state index contributed by atoms with van der Waals surface area (Å²) in [6.07, 6.45) is -6.40. The lowest BCUT2D eigenvalue weighted by Gasteiger charge is -2.27. The molecule has 1 atom stereocenters. The number of aliphatic carboxylic acids is 1. The second kappa shape index (κ2) is 8.05. The Kier molecular flexibility index (Phi) is 5.80. The Morgan fingerprint density at radius 3 is 2.10 bits per heavy atom. The summed E-state index contributed by atoms with van der Waals surface area (Å²) in [5.41, 5.74) is 0.750. The molecule has 0 saturated heterocycles. The molecule has 2 N–H and O–H groups in total. The van der Waals surface area contributed by atoms with Gasteiger partial charge in [0, 0.05) is 11.6 Å². The predicted molar refractivity (Wildman–Crippen MR) is 105 cm³/mol. The van der Waals surface area contributed by atoms with Crippen LogP contribution in [0.4, 0.5) is 13.2 Å². The van der Waals surface area contributed by atoms with E-state index in [9.17, 15) is 18.0 Å². The van der Waals surface area contributed by atoms with Gasteiger partial charge in [-0.25, -0.2) is 4.79 Å². The van der Waals surface area contributed by atoms with Crippen LogP contribution in [0.5, 0.6) is 23.0 Å². The summed E-state index contributed by atoms with van der Waals surface area (Å²) in [7, 11) is 0. The molecule has 1 unspecified atom stereocenters. The van der Waals surface area contributed by atoms with Gasteiger partial charge in [-0.1, -0.05) is 32.9 Å². The zero-order valence-electron chi connectivity index (χ0n) is 17.0. The van der Waals surface area contributed by atoms with Crippen molar-refractivity contribution in [1.82, 2.24) is 0 Å². The molecule has 0 spiro atoms. The van der Waals surface area contributed by atoms with Crippen molar-refractivity contribution in [3.8, 4) is 23.0 Å². The number of aromatic hydroxyl groups is 1. The lowest BCUT2D eigenvalue weighted by Crippen LogP contribution is -2.40. The van der Waals surface area contributed by atoms with E-state index < -0.39 is 23.8 Å². The van der Waals surface area contributed by atoms with Gasteiger partial charge < -0.3 is 24.4 Å². The highest BCUT2D eigenvalue weighted by molar-refractivity contribution is 5.95. The molecule has 0 fully saturated rings. The van der Waals surface area contributed by atoms with Gasteiger partial charge in [0.25, 0.3) is 0 Å². The average molecular weight is 438 g/mol. The van der Waals surface area contributed by atoms with Crippen molar-refractivity contribution in [3.63, 3.8) is 0 Å². The topological polar surface area (TPSA) is 85.2 Å². The number of hydrogen-bond acceptors (Lipinski definition) is 5. The normalized spacial score (nSPS) is 17.0. The van der Waals surface area contributed by atoms with Crippen LogP contribution in [-0.4, -0.2) is 35.3 Å². The minimum atomic E-state index is -4.82. The average Bonchev–Trinajstić information content (AvgIpc) is 3.11. The summed E-state index contributed by atoms with van der Waals surface area (Å²) in [4.78, 5) is 11.0. The molecule has 0 bridgehead atoms. The van der Waals surface area contributed by atoms with E-state index in [2.05, 4.69) is 20.8 Å². The Morgan fingerprint density at radius 1 is 1.00 bits per heavy atom. The first-order valence-electron chi connectivity index (χ1n) is 9.27. The Morgan fingerprint density at radius 2 is 1.58 bits per heavy atom. The van der Waals surface area contributed by atoms with Gasteiger partial charge in [0.05, 0.1) is 5.57 Å². The van der Waals surface area contributed by atoms with E-state index in [0.717, 1.165) is 6.08 Å². The van der Waals surface area contributed by atoms with Crippen LogP contribution in [0.2, 0.25) is 0 Å². The number of halogens is 3. The van der Waals surface area contributed by atoms with Gasteiger partial charge in [-0.3, -0.25) is 0 Å². The van der Waals surface area contributed by atoms with Crippen LogP contribution >= 0.6 is 0 Å². The lowest BCUT2D eigenvalue weighted by molar-refractivity contribution is -0.187. The number of carbonyl (C=O) groups is 1. The number of phenols is 1. The molecule has 4 rings (SSSR count). The standard InChI is InChI=1S/C12H7F3O5.C10H14O/c13-12(14,15)10-6(11(16)17)1-5-2-8-9(19-4-18-8)3-7(5)20-10;1-10(2,3)8-4-6-9(11)7-5-8/h1-3,10H,4H2,(H,16,17);4-7,11H,1-3H3. The molecule has 2 aromatic rings. The number of alkyl halides is 3. The summed E-state index contributed by atoms with van der Waals surface area (Å²) < 4.78 is 53.4. The number of benzene rings is 2. The first kappa shape index (κ1) is 22.3. The van der Waals surface area contributed by atoms with E-state index >= 15 is 0 Å². The maximum absolute atomic E-state index is 12.8. The van der Waals surface area contributed by atoms with Crippen molar-refractivity contribution in [1.29, 1.82) is 0 Å². The molecular formula is C22H21F3O6. The number of hydrogen-bond donors (Lipinski definition) is 2. The van der Waals surface area contributed by atoms with Gasteiger partial charge in [0.15, 0.2) is 11.5 Å². The van der Waals surface area contributed by atoms with E-state index in [-0.39, 0.29) is 29.3 Å². The molecule has 0 aromatic heterocycles. The third kappa shape index (κ3) is 5.04. The maximum atomic E-state index is 12.8. The van der Waals surface area contributed by atoms with Gasteiger partial charge in [0.2, 0.25) is 12.9 Å². The Hall–Kier alpha value is -3.36. The monoisotopic (exact) mass is 438 g/mol. The Labute approximate surface area is 176 Å². The molecule has 9 heteroatoms. The summed E-state index contributed by atoms with van der Waals surface area (Å²) in [6, 6.07) is 9.99. The maximum Gasteiger partial charge on any atom is 0.430 e. The number of rotatable bonds is 1. The second-order valence-corrected chi connectivity index (χ2v) is 7.98. The molecular weight excluding hydrogens is 417 g/mol. The van der Waals surface area contributed by atoms with Crippen LogP contribution in [0.25, 0.3) is 6.08 Å². The molecule has 2 aliphatic rings. The number of carboxylic acid groups (broad SMARTS) is 1. The summed E-state index contributed by atoms with van der Waals surface area (Å²) in [6.45, 7) is 6.41. The SMILES string of the molecule is CC(C)(C)c1ccc(O)cc1.O=C(O)C1=Cc2cc3c(cc2OC1C(F)(F)F)OCO3. The van der Waals surface area contributed by atoms with Crippen LogP contribution in [0.15, 0.2) is 42.0 Å². The van der Waals surface area contributed by atoms with E-state index in [0.29, 0.717) is 11.5 Å². The van der Waals surface area contributed by atoms with E-state index in [1.165, 1.54) is 17.7 Å². The number of fused-ring (bicyclic) bond motifs is 2. The van der Waals surface area contributed by atoms with Gasteiger partial charge >= 0.3 is 12.1 Å². The van der Waals surface area contributed by atoms with Crippen molar-refractivity contribution in [3.05, 3.63) is 53.1 Å². The van der Waals surface area contributed by atoms with Crippen LogP contribution in [0, 0.1) is 0 Å². The highest BCUT2D eigenvalue weighted by Gasteiger charge is 2.48. The van der Waals surface area contributed by atoms with Crippen LogP contribution < -0.4 is 14.2 Å². The Bertz CT molecular complexity index is 1000. The third-order valence-electron chi connectivity index (χ3n) is 4.62. The molecule has 166 valence electrons. The van der Waals surface area contributed by atoms with E-state index in [4.69, 9.17) is 24.4 Å². The predicted octanol–water partition coefficient (Wildman–Crippen LogP) is 4.90. The van der Waals surface area contributed by atoms with E-state index in [1.807, 2.05) is 12.1 Å². The fraction of sp³-hybridized carbons (Fsp3) is 0.318. The minimum Gasteiger partial charge on any atom is -0.508 e. The number of phenolic OH excluding ortho intramolecular Hbond substituents is 1. The molecule has 2 aromatic carbocycles. The zero-order valence-corrected chi connectivity index (χ0v) is 17.0. The van der Waals surface area contributed by atoms with Crippen molar-refractivity contribution < 1.29 is 42.4 Å². The second-order valence-electron chi connectivity index (χ2n) is 7.98. The summed E-state index contributed by atoms with van der Waals surface area (Å²) in [5.74, 6) is -0.856. The number of carboxylic acids is 1. The summed E-state index contributed by atoms with van der Waals surface area (Å²) in [5, 5.41) is 17.9. The molecule has 6 nitrogen and oxygen atoms in total. The van der Waals surface area contributed by atoms with Gasteiger partial charge in [-0.2, -0.15) is 13.2 Å².